The predicted octanol–water partition coefficient (Wildman–Crippen LogP) is 2.48. The summed E-state index contributed by atoms with van der Waals surface area (Å²) in [5.41, 5.74) is 0.442. The fourth-order valence-corrected chi connectivity index (χ4v) is 4.88. The number of aryl methyl sites for hydroxylation is 1. The van der Waals surface area contributed by atoms with Gasteiger partial charge in [0.2, 0.25) is 10.0 Å². The molecule has 0 bridgehead atoms. The standard InChI is InChI=1S/C17H21N5O2S/c1-2-10-21-13-19-20-17(21)16-5-3-4-11-22(16)25(23,24)15-8-6-14(12-18)7-9-15/h6-9,13,16H,2-5,10-11H2,1H3. The molecule has 3 rings (SSSR count). The molecule has 1 unspecified atom stereocenters. The highest BCUT2D eigenvalue weighted by Gasteiger charge is 2.36. The van der Waals surface area contributed by atoms with Crippen LogP contribution in [0.3, 0.4) is 0 Å². The topological polar surface area (TPSA) is 91.9 Å². The van der Waals surface area contributed by atoms with Gasteiger partial charge in [0.25, 0.3) is 0 Å². The Morgan fingerprint density at radius 3 is 2.72 bits per heavy atom. The van der Waals surface area contributed by atoms with E-state index >= 15 is 0 Å². The molecule has 1 aromatic heterocycles. The molecule has 0 aliphatic carbocycles. The molecule has 1 aliphatic heterocycles. The Balaban J connectivity index is 1.97. The first kappa shape index (κ1) is 17.6. The van der Waals surface area contributed by atoms with Gasteiger partial charge in [0.15, 0.2) is 5.82 Å². The summed E-state index contributed by atoms with van der Waals surface area (Å²) in [5, 5.41) is 17.1. The van der Waals surface area contributed by atoms with Crippen LogP contribution < -0.4 is 0 Å². The predicted molar refractivity (Wildman–Crippen MR) is 92.0 cm³/mol. The van der Waals surface area contributed by atoms with Gasteiger partial charge in [0.05, 0.1) is 22.6 Å². The van der Waals surface area contributed by atoms with Crippen LogP contribution in [0.15, 0.2) is 35.5 Å². The number of hydrogen-bond donors (Lipinski definition) is 0. The van der Waals surface area contributed by atoms with E-state index in [0.29, 0.717) is 17.9 Å². The van der Waals surface area contributed by atoms with Crippen molar-refractivity contribution < 1.29 is 8.42 Å². The van der Waals surface area contributed by atoms with Gasteiger partial charge in [-0.05, 0) is 43.5 Å². The number of hydrogen-bond acceptors (Lipinski definition) is 5. The van der Waals surface area contributed by atoms with Gasteiger partial charge in [-0.25, -0.2) is 8.42 Å². The number of nitrogens with zero attached hydrogens (tertiary/aromatic N) is 5. The molecule has 1 aromatic carbocycles. The molecule has 0 N–H and O–H groups in total. The van der Waals surface area contributed by atoms with Crippen molar-refractivity contribution in [3.63, 3.8) is 0 Å². The molecule has 1 atom stereocenters. The summed E-state index contributed by atoms with van der Waals surface area (Å²) in [4.78, 5) is 0.208. The average molecular weight is 359 g/mol. The molecule has 1 saturated heterocycles. The zero-order valence-corrected chi connectivity index (χ0v) is 15.0. The van der Waals surface area contributed by atoms with Gasteiger partial charge in [0, 0.05) is 13.1 Å². The zero-order chi connectivity index (χ0) is 17.9. The fourth-order valence-electron chi connectivity index (χ4n) is 3.22. The van der Waals surface area contributed by atoms with Gasteiger partial charge in [-0.2, -0.15) is 9.57 Å². The number of benzene rings is 1. The van der Waals surface area contributed by atoms with Crippen molar-refractivity contribution in [1.29, 1.82) is 5.26 Å². The Kier molecular flexibility index (Phi) is 5.16. The van der Waals surface area contributed by atoms with Crippen molar-refractivity contribution in [2.45, 2.75) is 50.1 Å². The Hall–Kier alpha value is -2.24. The molecular formula is C17H21N5O2S. The Labute approximate surface area is 148 Å². The zero-order valence-electron chi connectivity index (χ0n) is 14.2. The molecule has 25 heavy (non-hydrogen) atoms. The van der Waals surface area contributed by atoms with Crippen molar-refractivity contribution in [2.24, 2.45) is 0 Å². The van der Waals surface area contributed by atoms with Crippen molar-refractivity contribution >= 4 is 10.0 Å². The van der Waals surface area contributed by atoms with Gasteiger partial charge >= 0.3 is 0 Å². The summed E-state index contributed by atoms with van der Waals surface area (Å²) in [7, 11) is -3.65. The number of piperidine rings is 1. The quantitative estimate of drug-likeness (QED) is 0.818. The highest BCUT2D eigenvalue weighted by Crippen LogP contribution is 2.34. The molecule has 132 valence electrons. The average Bonchev–Trinajstić information content (AvgIpc) is 3.10. The monoisotopic (exact) mass is 359 g/mol. The van der Waals surface area contributed by atoms with E-state index in [1.54, 1.807) is 6.33 Å². The second kappa shape index (κ2) is 7.33. The van der Waals surface area contributed by atoms with E-state index < -0.39 is 10.0 Å². The van der Waals surface area contributed by atoms with E-state index in [9.17, 15) is 8.42 Å². The minimum absolute atomic E-state index is 0.208. The van der Waals surface area contributed by atoms with Crippen LogP contribution >= 0.6 is 0 Å². The Bertz CT molecular complexity index is 867. The molecule has 0 amide bonds. The summed E-state index contributed by atoms with van der Waals surface area (Å²) in [6, 6.07) is 7.76. The van der Waals surface area contributed by atoms with E-state index in [1.807, 2.05) is 10.6 Å². The first-order chi connectivity index (χ1) is 12.1. The SMILES string of the molecule is CCCn1cnnc1C1CCCCN1S(=O)(=O)c1ccc(C#N)cc1. The van der Waals surface area contributed by atoms with Gasteiger partial charge in [0.1, 0.15) is 6.33 Å². The minimum Gasteiger partial charge on any atom is -0.316 e. The van der Waals surface area contributed by atoms with Crippen LogP contribution in [0.1, 0.15) is 50.0 Å². The summed E-state index contributed by atoms with van der Waals surface area (Å²) in [6.45, 7) is 3.30. The van der Waals surface area contributed by atoms with E-state index in [0.717, 1.165) is 32.2 Å². The summed E-state index contributed by atoms with van der Waals surface area (Å²) in [5.74, 6) is 0.707. The second-order valence-electron chi connectivity index (χ2n) is 6.15. The summed E-state index contributed by atoms with van der Waals surface area (Å²) < 4.78 is 29.8. The lowest BCUT2D eigenvalue weighted by molar-refractivity contribution is 0.240. The van der Waals surface area contributed by atoms with Crippen molar-refractivity contribution in [3.8, 4) is 6.07 Å². The van der Waals surface area contributed by atoms with Gasteiger partial charge in [-0.3, -0.25) is 0 Å². The van der Waals surface area contributed by atoms with E-state index in [2.05, 4.69) is 17.1 Å². The first-order valence-corrected chi connectivity index (χ1v) is 9.91. The highest BCUT2D eigenvalue weighted by molar-refractivity contribution is 7.89. The Morgan fingerprint density at radius 1 is 1.28 bits per heavy atom. The third kappa shape index (κ3) is 3.43. The van der Waals surface area contributed by atoms with E-state index in [1.165, 1.54) is 28.6 Å². The van der Waals surface area contributed by atoms with Crippen LogP contribution in [0.5, 0.6) is 0 Å². The van der Waals surface area contributed by atoms with Crippen LogP contribution in [-0.4, -0.2) is 34.0 Å². The van der Waals surface area contributed by atoms with Crippen molar-refractivity contribution in [1.82, 2.24) is 19.1 Å². The van der Waals surface area contributed by atoms with Gasteiger partial charge in [-0.15, -0.1) is 10.2 Å². The Morgan fingerprint density at radius 2 is 2.04 bits per heavy atom. The number of rotatable bonds is 5. The number of sulfonamides is 1. The lowest BCUT2D eigenvalue weighted by atomic mass is 10.0. The molecule has 0 saturated carbocycles. The maximum absolute atomic E-state index is 13.1. The van der Waals surface area contributed by atoms with Crippen LogP contribution in [0, 0.1) is 11.3 Å². The molecule has 1 aliphatic rings. The third-order valence-electron chi connectivity index (χ3n) is 4.45. The lowest BCUT2D eigenvalue weighted by Crippen LogP contribution is -2.39. The smallest absolute Gasteiger partial charge is 0.243 e. The molecule has 0 radical (unpaired) electrons. The minimum atomic E-state index is -3.65. The van der Waals surface area contributed by atoms with Gasteiger partial charge < -0.3 is 4.57 Å². The fraction of sp³-hybridized carbons (Fsp3) is 0.471. The third-order valence-corrected chi connectivity index (χ3v) is 6.37. The molecule has 1 fully saturated rings. The number of aromatic nitrogens is 3. The lowest BCUT2D eigenvalue weighted by Gasteiger charge is -2.34. The first-order valence-electron chi connectivity index (χ1n) is 8.47. The largest absolute Gasteiger partial charge is 0.316 e. The number of nitriles is 1. The highest BCUT2D eigenvalue weighted by atomic mass is 32.2. The summed E-state index contributed by atoms with van der Waals surface area (Å²) in [6.07, 6.45) is 5.12. The van der Waals surface area contributed by atoms with Crippen LogP contribution in [0.25, 0.3) is 0 Å². The second-order valence-corrected chi connectivity index (χ2v) is 8.04. The van der Waals surface area contributed by atoms with Crippen LogP contribution in [0.4, 0.5) is 0 Å². The molecule has 8 heteroatoms. The maximum Gasteiger partial charge on any atom is 0.243 e. The molecule has 7 nitrogen and oxygen atoms in total. The molecule has 2 aromatic rings. The van der Waals surface area contributed by atoms with Crippen LogP contribution in [0.2, 0.25) is 0 Å². The normalized spacial score (nSPS) is 18.8. The van der Waals surface area contributed by atoms with Gasteiger partial charge in [-0.1, -0.05) is 13.3 Å². The molecular weight excluding hydrogens is 338 g/mol. The summed E-state index contributed by atoms with van der Waals surface area (Å²) >= 11 is 0. The molecule has 0 spiro atoms. The van der Waals surface area contributed by atoms with Crippen molar-refractivity contribution in [3.05, 3.63) is 42.0 Å². The molecule has 2 heterocycles. The van der Waals surface area contributed by atoms with Crippen molar-refractivity contribution in [2.75, 3.05) is 6.54 Å². The van der Waals surface area contributed by atoms with E-state index in [4.69, 9.17) is 5.26 Å². The van der Waals surface area contributed by atoms with E-state index in [-0.39, 0.29) is 10.9 Å². The van der Waals surface area contributed by atoms with Crippen LogP contribution in [-0.2, 0) is 16.6 Å². The maximum atomic E-state index is 13.1.